The van der Waals surface area contributed by atoms with Gasteiger partial charge in [0.05, 0.1) is 25.2 Å². The SMILES string of the molecule is NCC(F)(F)CNC(=O)Cc1coc(-c2ccc(Cl)cc2)n1. The summed E-state index contributed by atoms with van der Waals surface area (Å²) >= 11 is 5.78. The standard InChI is InChI=1S/C14H14ClF2N3O2/c15-10-3-1-9(2-4-10)13-20-11(6-22-13)5-12(21)19-8-14(16,17)7-18/h1-4,6H,5,7-8,18H2,(H,19,21). The third-order valence-corrected chi connectivity index (χ3v) is 3.08. The van der Waals surface area contributed by atoms with Crippen molar-refractivity contribution in [3.8, 4) is 11.5 Å². The number of nitrogens with two attached hydrogens (primary N) is 1. The zero-order chi connectivity index (χ0) is 16.2. The molecule has 1 amide bonds. The van der Waals surface area contributed by atoms with E-state index < -0.39 is 24.9 Å². The molecular weight excluding hydrogens is 316 g/mol. The van der Waals surface area contributed by atoms with E-state index in [1.807, 2.05) is 0 Å². The molecule has 2 rings (SSSR count). The molecule has 3 N–H and O–H groups in total. The molecule has 1 aromatic carbocycles. The maximum Gasteiger partial charge on any atom is 0.277 e. The molecule has 0 aliphatic heterocycles. The van der Waals surface area contributed by atoms with Gasteiger partial charge in [0.1, 0.15) is 6.26 Å². The number of hydrogen-bond acceptors (Lipinski definition) is 4. The fraction of sp³-hybridized carbons (Fsp3) is 0.286. The van der Waals surface area contributed by atoms with E-state index in [9.17, 15) is 13.6 Å². The van der Waals surface area contributed by atoms with E-state index in [0.29, 0.717) is 22.2 Å². The van der Waals surface area contributed by atoms with Crippen molar-refractivity contribution in [3.05, 3.63) is 41.2 Å². The van der Waals surface area contributed by atoms with Crippen molar-refractivity contribution >= 4 is 17.5 Å². The van der Waals surface area contributed by atoms with Gasteiger partial charge in [-0.05, 0) is 24.3 Å². The van der Waals surface area contributed by atoms with Crippen LogP contribution in [0, 0.1) is 0 Å². The highest BCUT2D eigenvalue weighted by Gasteiger charge is 2.27. The van der Waals surface area contributed by atoms with E-state index >= 15 is 0 Å². The lowest BCUT2D eigenvalue weighted by Crippen LogP contribution is -2.42. The molecule has 0 bridgehead atoms. The van der Waals surface area contributed by atoms with E-state index in [1.165, 1.54) is 6.26 Å². The summed E-state index contributed by atoms with van der Waals surface area (Å²) in [6.07, 6.45) is 1.16. The number of amides is 1. The van der Waals surface area contributed by atoms with E-state index in [0.717, 1.165) is 0 Å². The molecule has 2 aromatic rings. The molecular formula is C14H14ClF2N3O2. The fourth-order valence-corrected chi connectivity index (χ4v) is 1.77. The van der Waals surface area contributed by atoms with Crippen molar-refractivity contribution in [1.82, 2.24) is 10.3 Å². The molecule has 5 nitrogen and oxygen atoms in total. The van der Waals surface area contributed by atoms with E-state index in [1.54, 1.807) is 24.3 Å². The van der Waals surface area contributed by atoms with Crippen LogP contribution < -0.4 is 11.1 Å². The predicted molar refractivity (Wildman–Crippen MR) is 77.7 cm³/mol. The Labute approximate surface area is 130 Å². The summed E-state index contributed by atoms with van der Waals surface area (Å²) in [7, 11) is 0. The van der Waals surface area contributed by atoms with E-state index in [2.05, 4.69) is 10.3 Å². The highest BCUT2D eigenvalue weighted by Crippen LogP contribution is 2.21. The smallest absolute Gasteiger partial charge is 0.277 e. The number of rotatable bonds is 6. The number of oxazole rings is 1. The van der Waals surface area contributed by atoms with Crippen molar-refractivity contribution in [2.75, 3.05) is 13.1 Å². The maximum atomic E-state index is 12.9. The van der Waals surface area contributed by atoms with Crippen LogP contribution in [0.2, 0.25) is 5.02 Å². The van der Waals surface area contributed by atoms with Gasteiger partial charge in [0, 0.05) is 10.6 Å². The van der Waals surface area contributed by atoms with Crippen LogP contribution >= 0.6 is 11.6 Å². The van der Waals surface area contributed by atoms with Gasteiger partial charge in [0.25, 0.3) is 5.92 Å². The molecule has 0 spiro atoms. The normalized spacial score (nSPS) is 11.5. The lowest BCUT2D eigenvalue weighted by molar-refractivity contribution is -0.122. The number of alkyl halides is 2. The summed E-state index contributed by atoms with van der Waals surface area (Å²) in [5.74, 6) is -3.37. The van der Waals surface area contributed by atoms with Gasteiger partial charge in [-0.15, -0.1) is 0 Å². The summed E-state index contributed by atoms with van der Waals surface area (Å²) < 4.78 is 31.1. The minimum absolute atomic E-state index is 0.155. The number of carbonyl (C=O) groups excluding carboxylic acids is 1. The van der Waals surface area contributed by atoms with Crippen LogP contribution in [0.4, 0.5) is 8.78 Å². The molecule has 0 atom stereocenters. The number of benzene rings is 1. The molecule has 0 aliphatic rings. The zero-order valence-corrected chi connectivity index (χ0v) is 12.2. The Kier molecular flexibility index (Phi) is 5.10. The second-order valence-electron chi connectivity index (χ2n) is 4.66. The average Bonchev–Trinajstić information content (AvgIpc) is 2.94. The quantitative estimate of drug-likeness (QED) is 0.851. The van der Waals surface area contributed by atoms with Gasteiger partial charge in [-0.1, -0.05) is 11.6 Å². The second-order valence-corrected chi connectivity index (χ2v) is 5.10. The lowest BCUT2D eigenvalue weighted by Gasteiger charge is -2.13. The van der Waals surface area contributed by atoms with Gasteiger partial charge in [-0.3, -0.25) is 4.79 Å². The summed E-state index contributed by atoms with van der Waals surface area (Å²) in [5, 5.41) is 2.69. The number of carbonyl (C=O) groups is 1. The molecule has 22 heavy (non-hydrogen) atoms. The van der Waals surface area contributed by atoms with Crippen LogP contribution in [0.3, 0.4) is 0 Å². The molecule has 0 unspecified atom stereocenters. The summed E-state index contributed by atoms with van der Waals surface area (Å²) in [4.78, 5) is 15.7. The van der Waals surface area contributed by atoms with Crippen molar-refractivity contribution in [3.63, 3.8) is 0 Å². The molecule has 0 saturated heterocycles. The maximum absolute atomic E-state index is 12.9. The van der Waals surface area contributed by atoms with Crippen molar-refractivity contribution in [1.29, 1.82) is 0 Å². The van der Waals surface area contributed by atoms with Crippen molar-refractivity contribution in [2.45, 2.75) is 12.3 Å². The topological polar surface area (TPSA) is 81.1 Å². The van der Waals surface area contributed by atoms with Gasteiger partial charge in [-0.2, -0.15) is 0 Å². The number of nitrogens with one attached hydrogen (secondary N) is 1. The van der Waals surface area contributed by atoms with Gasteiger partial charge in [-0.25, -0.2) is 13.8 Å². The third-order valence-electron chi connectivity index (χ3n) is 2.83. The highest BCUT2D eigenvalue weighted by molar-refractivity contribution is 6.30. The minimum atomic E-state index is -3.12. The Morgan fingerprint density at radius 1 is 1.36 bits per heavy atom. The van der Waals surface area contributed by atoms with E-state index in [4.69, 9.17) is 21.8 Å². The van der Waals surface area contributed by atoms with Gasteiger partial charge in [0.15, 0.2) is 0 Å². The number of aromatic nitrogens is 1. The van der Waals surface area contributed by atoms with Crippen LogP contribution in [0.1, 0.15) is 5.69 Å². The lowest BCUT2D eigenvalue weighted by atomic mass is 10.2. The monoisotopic (exact) mass is 329 g/mol. The molecule has 0 saturated carbocycles. The Hall–Kier alpha value is -1.99. The average molecular weight is 330 g/mol. The number of nitrogens with zero attached hydrogens (tertiary/aromatic N) is 1. The van der Waals surface area contributed by atoms with Crippen LogP contribution in [-0.4, -0.2) is 29.9 Å². The van der Waals surface area contributed by atoms with Crippen LogP contribution in [0.15, 0.2) is 34.9 Å². The Balaban J connectivity index is 1.94. The van der Waals surface area contributed by atoms with Gasteiger partial charge in [0.2, 0.25) is 11.8 Å². The molecule has 0 fully saturated rings. The molecule has 8 heteroatoms. The zero-order valence-electron chi connectivity index (χ0n) is 11.5. The van der Waals surface area contributed by atoms with Gasteiger partial charge < -0.3 is 15.5 Å². The van der Waals surface area contributed by atoms with Crippen LogP contribution in [0.5, 0.6) is 0 Å². The van der Waals surface area contributed by atoms with Crippen molar-refractivity contribution in [2.24, 2.45) is 5.73 Å². The first-order valence-electron chi connectivity index (χ1n) is 6.44. The van der Waals surface area contributed by atoms with Crippen molar-refractivity contribution < 1.29 is 18.0 Å². The summed E-state index contributed by atoms with van der Waals surface area (Å²) in [6, 6.07) is 6.81. The number of halogens is 3. The second kappa shape index (κ2) is 6.85. The molecule has 1 heterocycles. The largest absolute Gasteiger partial charge is 0.444 e. The first-order valence-corrected chi connectivity index (χ1v) is 6.82. The molecule has 118 valence electrons. The highest BCUT2D eigenvalue weighted by atomic mass is 35.5. The summed E-state index contributed by atoms with van der Waals surface area (Å²) in [5.41, 5.74) is 5.93. The summed E-state index contributed by atoms with van der Waals surface area (Å²) in [6.45, 7) is -1.62. The fourth-order valence-electron chi connectivity index (χ4n) is 1.64. The minimum Gasteiger partial charge on any atom is -0.444 e. The Morgan fingerprint density at radius 2 is 2.05 bits per heavy atom. The Morgan fingerprint density at radius 3 is 2.68 bits per heavy atom. The predicted octanol–water partition coefficient (Wildman–Crippen LogP) is 2.25. The first kappa shape index (κ1) is 16.4. The number of hydrogen-bond donors (Lipinski definition) is 2. The first-order chi connectivity index (χ1) is 10.4. The Bertz CT molecular complexity index is 644. The molecule has 0 aliphatic carbocycles. The van der Waals surface area contributed by atoms with Gasteiger partial charge >= 0.3 is 0 Å². The molecule has 1 aromatic heterocycles. The van der Waals surface area contributed by atoms with E-state index in [-0.39, 0.29) is 6.42 Å². The third kappa shape index (κ3) is 4.51. The molecule has 0 radical (unpaired) electrons. The van der Waals surface area contributed by atoms with Crippen LogP contribution in [-0.2, 0) is 11.2 Å². The van der Waals surface area contributed by atoms with Crippen LogP contribution in [0.25, 0.3) is 11.5 Å².